The molecule has 0 aliphatic rings. The molecule has 0 heterocycles. The minimum absolute atomic E-state index is 0.268. The monoisotopic (exact) mass is 982 g/mol. The highest BCUT2D eigenvalue weighted by molar-refractivity contribution is 6.32. The number of carbonyl (C=O) groups is 2. The largest absolute Gasteiger partial charge is 0.491 e. The fraction of sp³-hybridized carbons (Fsp3) is 0.0312. The number of fused-ring (bicyclic) bond motifs is 10. The Labute approximate surface area is 418 Å². The van der Waals surface area contributed by atoms with E-state index in [0.717, 1.165) is 44.5 Å². The second kappa shape index (κ2) is 17.8. The Morgan fingerprint density at radius 3 is 0.811 bits per heavy atom. The topological polar surface area (TPSA) is 52.6 Å². The van der Waals surface area contributed by atoms with Gasteiger partial charge < -0.3 is 9.47 Å². The molecule has 0 amide bonds. The van der Waals surface area contributed by atoms with E-state index in [4.69, 9.17) is 9.47 Å². The van der Waals surface area contributed by atoms with E-state index in [1.807, 2.05) is 182 Å². The first-order valence-corrected chi connectivity index (χ1v) is 23.5. The van der Waals surface area contributed by atoms with Gasteiger partial charge in [0.2, 0.25) is 0 Å². The van der Waals surface area contributed by atoms with Crippen LogP contribution >= 0.6 is 0 Å². The van der Waals surface area contributed by atoms with Crippen molar-refractivity contribution in [1.82, 2.24) is 0 Å². The summed E-state index contributed by atoms with van der Waals surface area (Å²) in [6.07, 6.45) is -10.6. The van der Waals surface area contributed by atoms with Crippen molar-refractivity contribution in [2.75, 3.05) is 0 Å². The van der Waals surface area contributed by atoms with Crippen molar-refractivity contribution in [3.63, 3.8) is 0 Å². The van der Waals surface area contributed by atoms with Crippen molar-refractivity contribution in [3.8, 4) is 67.1 Å². The van der Waals surface area contributed by atoms with Gasteiger partial charge in [-0.15, -0.1) is 0 Å². The molecule has 4 nitrogen and oxygen atoms in total. The molecule has 0 saturated heterocycles. The zero-order chi connectivity index (χ0) is 50.9. The van der Waals surface area contributed by atoms with Gasteiger partial charge in [-0.2, -0.15) is 26.3 Å². The first-order chi connectivity index (χ1) is 35.8. The summed E-state index contributed by atoms with van der Waals surface area (Å²) in [5.41, 5.74) is 7.47. The van der Waals surface area contributed by atoms with Crippen molar-refractivity contribution in [2.45, 2.75) is 12.4 Å². The number of rotatable bonds is 7. The SMILES string of the molecule is O=C(Oc1cc2c(cc(-c3cc4c(cc(OC(=O)C(F)(F)F)c5cccc(-c6ccccc6)c54)c4c(-c5ccccc5)cccc34)c3cccc(-c4ccccc4)c32)c2c(-c3ccccc3)cccc12)C(F)(F)F. The number of hydrogen-bond acceptors (Lipinski definition) is 4. The van der Waals surface area contributed by atoms with Crippen LogP contribution in [0, 0.1) is 0 Å². The zero-order valence-electron chi connectivity index (χ0n) is 38.7. The van der Waals surface area contributed by atoms with Crippen molar-refractivity contribution in [1.29, 1.82) is 0 Å². The quantitative estimate of drug-likeness (QED) is 0.0691. The summed E-state index contributed by atoms with van der Waals surface area (Å²) in [5, 5.41) is 6.69. The number of hydrogen-bond donors (Lipinski definition) is 0. The van der Waals surface area contributed by atoms with E-state index >= 15 is 0 Å². The van der Waals surface area contributed by atoms with Gasteiger partial charge in [0.1, 0.15) is 11.5 Å². The fourth-order valence-corrected chi connectivity index (χ4v) is 10.6. The highest BCUT2D eigenvalue weighted by Crippen LogP contribution is 2.52. The Bertz CT molecular complexity index is 3960. The zero-order valence-corrected chi connectivity index (χ0v) is 38.7. The van der Waals surface area contributed by atoms with Crippen molar-refractivity contribution in [2.24, 2.45) is 0 Å². The third-order valence-electron chi connectivity index (χ3n) is 13.7. The number of esters is 2. The maximum absolute atomic E-state index is 14.1. The molecule has 12 rings (SSSR count). The molecule has 12 aromatic rings. The predicted octanol–water partition coefficient (Wildman–Crippen LogP) is 17.9. The molecule has 0 radical (unpaired) electrons. The molecule has 0 aromatic heterocycles. The van der Waals surface area contributed by atoms with Gasteiger partial charge in [0, 0.05) is 21.5 Å². The number of alkyl halides is 6. The van der Waals surface area contributed by atoms with Crippen LogP contribution in [0.3, 0.4) is 0 Å². The Morgan fingerprint density at radius 1 is 0.270 bits per heavy atom. The minimum Gasteiger partial charge on any atom is -0.419 e. The van der Waals surface area contributed by atoms with Gasteiger partial charge >= 0.3 is 24.3 Å². The second-order valence-electron chi connectivity index (χ2n) is 17.9. The van der Waals surface area contributed by atoms with Gasteiger partial charge in [0.15, 0.2) is 0 Å². The summed E-state index contributed by atoms with van der Waals surface area (Å²) in [4.78, 5) is 25.6. The molecule has 0 bridgehead atoms. The van der Waals surface area contributed by atoms with Crippen LogP contribution in [-0.4, -0.2) is 24.3 Å². The first-order valence-electron chi connectivity index (χ1n) is 23.5. The van der Waals surface area contributed by atoms with Crippen LogP contribution in [0.15, 0.2) is 218 Å². The summed E-state index contributed by atoms with van der Waals surface area (Å²) in [6.45, 7) is 0. The molecule has 12 aromatic carbocycles. The van der Waals surface area contributed by atoms with Crippen molar-refractivity contribution >= 4 is 76.6 Å². The Kier molecular flexibility index (Phi) is 11.0. The summed E-state index contributed by atoms with van der Waals surface area (Å²) in [5.74, 6) is -5.25. The van der Waals surface area contributed by atoms with Crippen molar-refractivity contribution in [3.05, 3.63) is 218 Å². The molecular formula is C64H36F6O4. The van der Waals surface area contributed by atoms with Gasteiger partial charge in [0.25, 0.3) is 0 Å². The lowest BCUT2D eigenvalue weighted by Crippen LogP contribution is -2.28. The molecule has 358 valence electrons. The van der Waals surface area contributed by atoms with E-state index in [1.54, 1.807) is 24.3 Å². The highest BCUT2D eigenvalue weighted by atomic mass is 19.4. The summed E-state index contributed by atoms with van der Waals surface area (Å²) in [6, 6.07) is 67.3. The molecule has 0 N–H and O–H groups in total. The molecule has 0 unspecified atom stereocenters. The van der Waals surface area contributed by atoms with E-state index in [2.05, 4.69) is 0 Å². The maximum Gasteiger partial charge on any atom is 0.491 e. The van der Waals surface area contributed by atoms with Crippen LogP contribution in [0.4, 0.5) is 26.3 Å². The number of benzene rings is 12. The Balaban J connectivity index is 1.31. The lowest BCUT2D eigenvalue weighted by atomic mass is 9.82. The van der Waals surface area contributed by atoms with Crippen LogP contribution in [0.5, 0.6) is 11.5 Å². The lowest BCUT2D eigenvalue weighted by molar-refractivity contribution is -0.189. The lowest BCUT2D eigenvalue weighted by Gasteiger charge is -2.22. The Hall–Kier alpha value is -9.28. The minimum atomic E-state index is -5.29. The van der Waals surface area contributed by atoms with Crippen LogP contribution in [0.2, 0.25) is 0 Å². The molecule has 0 saturated carbocycles. The normalized spacial score (nSPS) is 12.0. The first kappa shape index (κ1) is 45.8. The summed E-state index contributed by atoms with van der Waals surface area (Å²) >= 11 is 0. The van der Waals surface area contributed by atoms with E-state index in [0.29, 0.717) is 65.0 Å². The summed E-state index contributed by atoms with van der Waals surface area (Å²) < 4.78 is 95.6. The molecule has 74 heavy (non-hydrogen) atoms. The molecule has 0 aliphatic carbocycles. The third-order valence-corrected chi connectivity index (χ3v) is 13.7. The Morgan fingerprint density at radius 2 is 0.527 bits per heavy atom. The molecule has 0 fully saturated rings. The average Bonchev–Trinajstić information content (AvgIpc) is 3.42. The fourth-order valence-electron chi connectivity index (χ4n) is 10.6. The van der Waals surface area contributed by atoms with Gasteiger partial charge in [-0.05, 0) is 123 Å². The highest BCUT2D eigenvalue weighted by Gasteiger charge is 2.43. The molecule has 0 spiro atoms. The van der Waals surface area contributed by atoms with Crippen LogP contribution in [0.25, 0.3) is 120 Å². The van der Waals surface area contributed by atoms with Crippen molar-refractivity contribution < 1.29 is 45.4 Å². The average molecular weight is 983 g/mol. The van der Waals surface area contributed by atoms with E-state index in [9.17, 15) is 35.9 Å². The molecule has 0 atom stereocenters. The maximum atomic E-state index is 14.1. The van der Waals surface area contributed by atoms with Crippen LogP contribution in [0.1, 0.15) is 0 Å². The standard InChI is InChI=1S/C64H36F6O4/c65-63(66,67)61(71)73-55-35-53-51(59-43(27-15-31-47(55)59)39-21-9-3-10-22-39)33-49(45-29-13-25-41(57(45)53)37-17-5-1-6-18-37)50-34-52-54(58-42(26-14-30-46(50)58)38-19-7-2-8-20-38)36-56(74-62(72)64(68,69)70)48-32-16-28-44(60(48)52)40-23-11-4-12-24-40/h1-36H. The van der Waals surface area contributed by atoms with Crippen LogP contribution in [-0.2, 0) is 9.59 Å². The number of ether oxygens (including phenoxy) is 2. The van der Waals surface area contributed by atoms with Gasteiger partial charge in [-0.25, -0.2) is 9.59 Å². The predicted molar refractivity (Wildman–Crippen MR) is 282 cm³/mol. The number of carbonyl (C=O) groups excluding carboxylic acids is 2. The third kappa shape index (κ3) is 7.83. The van der Waals surface area contributed by atoms with Crippen LogP contribution < -0.4 is 9.47 Å². The molecular weight excluding hydrogens is 947 g/mol. The van der Waals surface area contributed by atoms with Gasteiger partial charge in [0.05, 0.1) is 0 Å². The van der Waals surface area contributed by atoms with Gasteiger partial charge in [-0.1, -0.05) is 194 Å². The molecule has 10 heteroatoms. The van der Waals surface area contributed by atoms with E-state index in [-0.39, 0.29) is 22.3 Å². The molecule has 0 aliphatic heterocycles. The summed E-state index contributed by atoms with van der Waals surface area (Å²) in [7, 11) is 0. The number of halogens is 6. The smallest absolute Gasteiger partial charge is 0.419 e. The van der Waals surface area contributed by atoms with Gasteiger partial charge in [-0.3, -0.25) is 0 Å². The van der Waals surface area contributed by atoms with E-state index in [1.165, 1.54) is 12.1 Å². The second-order valence-corrected chi connectivity index (χ2v) is 17.9. The van der Waals surface area contributed by atoms with E-state index < -0.39 is 24.3 Å².